The number of pyridine rings is 1. The molecular weight excluding hydrogens is 589 g/mol. The summed E-state index contributed by atoms with van der Waals surface area (Å²) in [4.78, 5) is 24.5. The van der Waals surface area contributed by atoms with Crippen molar-refractivity contribution in [2.24, 2.45) is 5.73 Å². The predicted molar refractivity (Wildman–Crippen MR) is 158 cm³/mol. The molecule has 6 atom stereocenters. The number of carbonyl (C=O) groups is 2. The zero-order chi connectivity index (χ0) is 31.3. The first kappa shape index (κ1) is 31.3. The van der Waals surface area contributed by atoms with Gasteiger partial charge in [0, 0.05) is 11.5 Å². The van der Waals surface area contributed by atoms with E-state index in [0.29, 0.717) is 5.39 Å². The van der Waals surface area contributed by atoms with Gasteiger partial charge in [0.1, 0.15) is 36.2 Å². The fourth-order valence-corrected chi connectivity index (χ4v) is 6.24. The van der Waals surface area contributed by atoms with E-state index in [4.69, 9.17) is 24.3 Å². The highest BCUT2D eigenvalue weighted by Crippen LogP contribution is 2.47. The molecule has 0 radical (unpaired) electrons. The maximum atomic E-state index is 14.2. The number of primary amides is 1. The minimum Gasteiger partial charge on any atom is -0.460 e. The number of nitrogens with two attached hydrogens (primary N) is 1. The average molecular weight is 623 g/mol. The number of aromatic nitrogens is 1. The van der Waals surface area contributed by atoms with E-state index in [1.54, 1.807) is 42.5 Å². The van der Waals surface area contributed by atoms with Crippen molar-refractivity contribution >= 4 is 30.4 Å². The van der Waals surface area contributed by atoms with Crippen LogP contribution in [0.15, 0.2) is 97.3 Å². The summed E-state index contributed by atoms with van der Waals surface area (Å²) in [7, 11) is -4.35. The van der Waals surface area contributed by atoms with Gasteiger partial charge in [0.2, 0.25) is 0 Å². The molecule has 1 aliphatic heterocycles. The fraction of sp³-hybridized carbons (Fsp3) is 0.258. The molecule has 1 saturated heterocycles. The van der Waals surface area contributed by atoms with Gasteiger partial charge in [0.15, 0.2) is 18.5 Å². The van der Waals surface area contributed by atoms with Crippen LogP contribution in [-0.2, 0) is 30.0 Å². The van der Waals surface area contributed by atoms with Gasteiger partial charge in [-0.3, -0.25) is 14.1 Å². The molecule has 12 nitrogen and oxygen atoms in total. The maximum absolute atomic E-state index is 14.2. The highest BCUT2D eigenvalue weighted by Gasteiger charge is 2.49. The summed E-state index contributed by atoms with van der Waals surface area (Å²) >= 11 is 0. The van der Waals surface area contributed by atoms with Crippen molar-refractivity contribution in [3.63, 3.8) is 0 Å². The van der Waals surface area contributed by atoms with E-state index < -0.39 is 56.8 Å². The lowest BCUT2D eigenvalue weighted by Gasteiger charge is -2.25. The van der Waals surface area contributed by atoms with Crippen LogP contribution in [0.4, 0.5) is 0 Å². The van der Waals surface area contributed by atoms with Crippen LogP contribution in [-0.4, -0.2) is 53.1 Å². The molecular formula is C31H33N3O9P+. The Bertz CT molecular complexity index is 1670. The normalized spacial score (nSPS) is 21.8. The first-order valence-electron chi connectivity index (χ1n) is 13.9. The largest absolute Gasteiger partial charge is 0.460 e. The molecule has 0 saturated carbocycles. The monoisotopic (exact) mass is 622 g/mol. The van der Waals surface area contributed by atoms with Crippen molar-refractivity contribution in [2.45, 2.75) is 44.1 Å². The molecule has 3 aromatic carbocycles. The van der Waals surface area contributed by atoms with Gasteiger partial charge < -0.3 is 29.9 Å². The third-order valence-corrected chi connectivity index (χ3v) is 8.67. The number of esters is 1. The molecule has 1 fully saturated rings. The second kappa shape index (κ2) is 13.6. The summed E-state index contributed by atoms with van der Waals surface area (Å²) in [6, 6.07) is 23.5. The van der Waals surface area contributed by atoms with Gasteiger partial charge in [-0.25, -0.2) is 4.57 Å². The van der Waals surface area contributed by atoms with E-state index >= 15 is 0 Å². The maximum Gasteiger partial charge on any atom is 0.459 e. The Morgan fingerprint density at radius 2 is 1.73 bits per heavy atom. The second-order valence-electron chi connectivity index (χ2n) is 10.3. The summed E-state index contributed by atoms with van der Waals surface area (Å²) in [5.74, 6) is -1.15. The Labute approximate surface area is 253 Å². The van der Waals surface area contributed by atoms with Gasteiger partial charge in [-0.15, -0.1) is 0 Å². The van der Waals surface area contributed by atoms with Crippen molar-refractivity contribution in [1.29, 1.82) is 0 Å². The van der Waals surface area contributed by atoms with E-state index in [1.807, 2.05) is 36.4 Å². The molecule has 0 spiro atoms. The van der Waals surface area contributed by atoms with E-state index in [0.717, 1.165) is 10.9 Å². The molecule has 1 aliphatic rings. The van der Waals surface area contributed by atoms with E-state index in [9.17, 15) is 24.4 Å². The molecule has 5 N–H and O–H groups in total. The zero-order valence-electron chi connectivity index (χ0n) is 23.8. The van der Waals surface area contributed by atoms with Gasteiger partial charge >= 0.3 is 13.7 Å². The molecule has 2 heterocycles. The summed E-state index contributed by atoms with van der Waals surface area (Å²) in [5, 5.41) is 25.6. The van der Waals surface area contributed by atoms with Crippen LogP contribution < -0.4 is 19.9 Å². The highest BCUT2D eigenvalue weighted by atomic mass is 31.2. The number of nitrogens with zero attached hydrogens (tertiary/aromatic N) is 1. The molecule has 0 aliphatic carbocycles. The number of aliphatic hydroxyl groups excluding tert-OH is 2. The van der Waals surface area contributed by atoms with Gasteiger partial charge in [-0.2, -0.15) is 9.65 Å². The number of hydrogen-bond acceptors (Lipinski definition) is 9. The Morgan fingerprint density at radius 3 is 2.50 bits per heavy atom. The zero-order valence-corrected chi connectivity index (χ0v) is 24.7. The van der Waals surface area contributed by atoms with E-state index in [-0.39, 0.29) is 17.9 Å². The quantitative estimate of drug-likeness (QED) is 0.105. The van der Waals surface area contributed by atoms with Crippen LogP contribution in [0.2, 0.25) is 0 Å². The van der Waals surface area contributed by atoms with Crippen LogP contribution in [0.5, 0.6) is 5.75 Å². The third kappa shape index (κ3) is 7.31. The van der Waals surface area contributed by atoms with E-state index in [2.05, 4.69) is 5.09 Å². The third-order valence-electron chi connectivity index (χ3n) is 7.04. The number of ether oxygens (including phenoxy) is 2. The van der Waals surface area contributed by atoms with Crippen molar-refractivity contribution in [3.05, 3.63) is 108 Å². The first-order chi connectivity index (χ1) is 21.1. The van der Waals surface area contributed by atoms with Crippen molar-refractivity contribution in [3.8, 4) is 5.75 Å². The molecule has 1 aromatic heterocycles. The smallest absolute Gasteiger partial charge is 0.459 e. The Balaban J connectivity index is 1.33. The summed E-state index contributed by atoms with van der Waals surface area (Å²) < 4.78 is 38.5. The Morgan fingerprint density at radius 1 is 1.00 bits per heavy atom. The lowest BCUT2D eigenvalue weighted by molar-refractivity contribution is -0.765. The summed E-state index contributed by atoms with van der Waals surface area (Å²) in [5.41, 5.74) is 6.31. The molecule has 0 bridgehead atoms. The molecule has 2 unspecified atom stereocenters. The van der Waals surface area contributed by atoms with Crippen LogP contribution in [0, 0.1) is 0 Å². The van der Waals surface area contributed by atoms with Crippen molar-refractivity contribution in [1.82, 2.24) is 5.09 Å². The van der Waals surface area contributed by atoms with Crippen molar-refractivity contribution < 1.29 is 47.5 Å². The lowest BCUT2D eigenvalue weighted by Crippen LogP contribution is -2.46. The number of amides is 1. The van der Waals surface area contributed by atoms with Crippen LogP contribution in [0.25, 0.3) is 10.8 Å². The first-order valence-corrected chi connectivity index (χ1v) is 15.4. The Hall–Kier alpha value is -4.16. The summed E-state index contributed by atoms with van der Waals surface area (Å²) in [6.45, 7) is 0.974. The second-order valence-corrected chi connectivity index (χ2v) is 12.0. The molecule has 5 rings (SSSR count). The predicted octanol–water partition coefficient (Wildman–Crippen LogP) is 2.77. The van der Waals surface area contributed by atoms with Crippen molar-refractivity contribution in [2.75, 3.05) is 6.61 Å². The number of carbonyl (C=O) groups excluding carboxylic acids is 2. The molecule has 230 valence electrons. The van der Waals surface area contributed by atoms with Gasteiger partial charge in [-0.05, 0) is 30.0 Å². The van der Waals surface area contributed by atoms with Gasteiger partial charge in [0.05, 0.1) is 6.61 Å². The highest BCUT2D eigenvalue weighted by molar-refractivity contribution is 7.52. The number of aliphatic hydroxyl groups is 2. The fourth-order valence-electron chi connectivity index (χ4n) is 4.72. The molecule has 1 amide bonds. The van der Waals surface area contributed by atoms with E-state index in [1.165, 1.54) is 30.0 Å². The number of benzene rings is 3. The average Bonchev–Trinajstić information content (AvgIpc) is 3.32. The van der Waals surface area contributed by atoms with Crippen LogP contribution in [0.1, 0.15) is 29.1 Å². The molecule has 44 heavy (non-hydrogen) atoms. The van der Waals surface area contributed by atoms with Crippen LogP contribution in [0.3, 0.4) is 0 Å². The number of nitrogens with one attached hydrogen (secondary N) is 1. The topological polar surface area (TPSA) is 171 Å². The number of fused-ring (bicyclic) bond motifs is 1. The van der Waals surface area contributed by atoms with Gasteiger partial charge in [0.25, 0.3) is 12.1 Å². The lowest BCUT2D eigenvalue weighted by atomic mass is 10.1. The molecule has 13 heteroatoms. The van der Waals surface area contributed by atoms with Gasteiger partial charge in [-0.1, -0.05) is 66.7 Å². The molecule has 4 aromatic rings. The van der Waals surface area contributed by atoms with Crippen LogP contribution >= 0.6 is 7.75 Å². The minimum absolute atomic E-state index is 0.0109. The minimum atomic E-state index is -4.35. The Kier molecular flexibility index (Phi) is 9.70. The SMILES string of the molecule is C[C@H](NP(=O)(OC[C@H]1O[C@@H]([n+]2cccc(C(N)=O)c2)[C@@H](O)C1O)Oc1cccc2ccccc12)C(=O)OCc1ccccc1. The summed E-state index contributed by atoms with van der Waals surface area (Å²) in [6.07, 6.45) is -2.22. The number of hydrogen-bond donors (Lipinski definition) is 4. The standard InChI is InChI=1S/C31H32N3O9P/c1-20(31(38)40-18-21-9-3-2-4-10-21)33-44(39,43-25-15-7-12-22-11-5-6-14-24(22)25)41-19-26-27(35)28(36)30(42-26)34-16-8-13-23(17-34)29(32)37/h2-17,20,26-28,30,35-36H,18-19H2,1H3,(H2-,32,33,37,39)/p+1/t20-,26+,27?,28-,30+,44?/m0/s1. The number of rotatable bonds is 12.